The maximum Gasteiger partial charge on any atom is 0.231 e. The molecule has 1 rings (SSSR count). The van der Waals surface area contributed by atoms with Crippen molar-refractivity contribution in [2.24, 2.45) is 5.92 Å². The van der Waals surface area contributed by atoms with Crippen LogP contribution in [0.15, 0.2) is 0 Å². The van der Waals surface area contributed by atoms with Gasteiger partial charge in [0.25, 0.3) is 0 Å². The summed E-state index contributed by atoms with van der Waals surface area (Å²) < 4.78 is 0. The first kappa shape index (κ1) is 14.3. The van der Waals surface area contributed by atoms with E-state index in [0.717, 1.165) is 0 Å². The van der Waals surface area contributed by atoms with Crippen LogP contribution in [-0.4, -0.2) is 38.5 Å². The third-order valence-corrected chi connectivity index (χ3v) is 1.27. The molecule has 0 amide bonds. The van der Waals surface area contributed by atoms with Crippen molar-refractivity contribution < 1.29 is 10.2 Å². The number of aliphatic hydroxyl groups excluding tert-OH is 2. The van der Waals surface area contributed by atoms with Crippen LogP contribution in [-0.2, 0) is 0 Å². The van der Waals surface area contributed by atoms with E-state index < -0.39 is 0 Å². The highest BCUT2D eigenvalue weighted by Crippen LogP contribution is 2.01. The fourth-order valence-electron chi connectivity index (χ4n) is 0.559. The van der Waals surface area contributed by atoms with Gasteiger partial charge in [-0.2, -0.15) is 15.0 Å². The third kappa shape index (κ3) is 6.74. The van der Waals surface area contributed by atoms with E-state index >= 15 is 0 Å². The van der Waals surface area contributed by atoms with Crippen LogP contribution < -0.4 is 16.8 Å². The van der Waals surface area contributed by atoms with Gasteiger partial charge < -0.3 is 27.0 Å². The average molecular weight is 230 g/mol. The lowest BCUT2D eigenvalue weighted by Gasteiger charge is -2.00. The van der Waals surface area contributed by atoms with E-state index in [1.165, 1.54) is 0 Å². The van der Waals surface area contributed by atoms with E-state index in [2.05, 4.69) is 20.3 Å². The van der Waals surface area contributed by atoms with E-state index in [-0.39, 0.29) is 24.6 Å². The van der Waals surface area contributed by atoms with Gasteiger partial charge in [0.05, 0.1) is 0 Å². The molecule has 16 heavy (non-hydrogen) atoms. The Bertz CT molecular complexity index is 286. The van der Waals surface area contributed by atoms with Crippen molar-refractivity contribution in [1.29, 1.82) is 0 Å². The zero-order valence-corrected chi connectivity index (χ0v) is 9.38. The van der Waals surface area contributed by atoms with Crippen LogP contribution in [0.1, 0.15) is 13.8 Å². The first-order valence-electron chi connectivity index (χ1n) is 4.72. The summed E-state index contributed by atoms with van der Waals surface area (Å²) in [5.74, 6) is 0.648. The normalized spacial score (nSPS) is 9.56. The van der Waals surface area contributed by atoms with Crippen molar-refractivity contribution in [3.63, 3.8) is 0 Å². The Hall–Kier alpha value is -1.67. The fourth-order valence-corrected chi connectivity index (χ4v) is 0.559. The van der Waals surface area contributed by atoms with Crippen molar-refractivity contribution in [1.82, 2.24) is 15.0 Å². The highest BCUT2D eigenvalue weighted by molar-refractivity contribution is 5.36. The minimum absolute atomic E-state index is 0.0217. The largest absolute Gasteiger partial charge is 0.396 e. The molecule has 0 aromatic carbocycles. The summed E-state index contributed by atoms with van der Waals surface area (Å²) in [5, 5.41) is 19.0. The van der Waals surface area contributed by atoms with E-state index in [4.69, 9.17) is 21.7 Å². The summed E-state index contributed by atoms with van der Waals surface area (Å²) in [7, 11) is 0. The second-order valence-corrected chi connectivity index (χ2v) is 3.29. The Morgan fingerprint density at radius 2 is 1.56 bits per heavy atom. The first-order chi connectivity index (χ1) is 7.49. The molecule has 8 nitrogen and oxygen atoms in total. The second kappa shape index (κ2) is 7.60. The van der Waals surface area contributed by atoms with Gasteiger partial charge in [-0.05, 0) is 5.92 Å². The maximum absolute atomic E-state index is 8.41. The van der Waals surface area contributed by atoms with Gasteiger partial charge in [-0.3, -0.25) is 0 Å². The van der Waals surface area contributed by atoms with Crippen LogP contribution in [0.25, 0.3) is 0 Å². The van der Waals surface area contributed by atoms with E-state index in [1.54, 1.807) is 0 Å². The lowest BCUT2D eigenvalue weighted by molar-refractivity contribution is 0.248. The Balaban J connectivity index is 0.000000385. The van der Waals surface area contributed by atoms with Gasteiger partial charge in [0.1, 0.15) is 6.73 Å². The highest BCUT2D eigenvalue weighted by Gasteiger charge is 1.98. The summed E-state index contributed by atoms with van der Waals surface area (Å²) in [4.78, 5) is 10.8. The van der Waals surface area contributed by atoms with Crippen LogP contribution >= 0.6 is 0 Å². The number of rotatable bonds is 3. The predicted octanol–water partition coefficient (Wildman–Crippen LogP) is -0.968. The summed E-state index contributed by atoms with van der Waals surface area (Å²) in [6, 6.07) is 0. The molecule has 1 aromatic heterocycles. The van der Waals surface area contributed by atoms with Gasteiger partial charge in [0.15, 0.2) is 0 Å². The number of aliphatic hydroxyl groups is 2. The van der Waals surface area contributed by atoms with Crippen molar-refractivity contribution in [3.05, 3.63) is 0 Å². The molecule has 0 aliphatic rings. The molecule has 0 saturated carbocycles. The summed E-state index contributed by atoms with van der Waals surface area (Å²) >= 11 is 0. The standard InChI is InChI=1S/C4H8N6O.C4H10O/c5-2-8-3(6)10-4(9-2)7-1-11;1-4(2)3-5/h11H,1H2,(H5,5,6,7,8,9,10);4-5H,3H2,1-2H3. The number of nitrogens with two attached hydrogens (primary N) is 2. The molecule has 8 heteroatoms. The maximum atomic E-state index is 8.41. The van der Waals surface area contributed by atoms with Crippen LogP contribution in [0.3, 0.4) is 0 Å². The fraction of sp³-hybridized carbons (Fsp3) is 0.625. The highest BCUT2D eigenvalue weighted by atomic mass is 16.3. The quantitative estimate of drug-likeness (QED) is 0.417. The number of nitrogens with zero attached hydrogens (tertiary/aromatic N) is 3. The summed E-state index contributed by atoms with van der Waals surface area (Å²) in [6.07, 6.45) is 0. The second-order valence-electron chi connectivity index (χ2n) is 3.29. The zero-order valence-electron chi connectivity index (χ0n) is 9.38. The third-order valence-electron chi connectivity index (χ3n) is 1.27. The topological polar surface area (TPSA) is 143 Å². The van der Waals surface area contributed by atoms with Crippen LogP contribution in [0.4, 0.5) is 17.8 Å². The Kier molecular flexibility index (Phi) is 6.81. The number of hydrogen-bond donors (Lipinski definition) is 5. The zero-order chi connectivity index (χ0) is 12.6. The SMILES string of the molecule is CC(C)CO.Nc1nc(N)nc(NCO)n1. The van der Waals surface area contributed by atoms with E-state index in [9.17, 15) is 0 Å². The molecule has 0 unspecified atom stereocenters. The van der Waals surface area contributed by atoms with E-state index in [0.29, 0.717) is 12.5 Å². The molecule has 0 bridgehead atoms. The smallest absolute Gasteiger partial charge is 0.231 e. The van der Waals surface area contributed by atoms with Crippen LogP contribution in [0.5, 0.6) is 0 Å². The number of nitrogen functional groups attached to an aromatic ring is 2. The van der Waals surface area contributed by atoms with Gasteiger partial charge in [-0.15, -0.1) is 0 Å². The molecule has 0 spiro atoms. The summed E-state index contributed by atoms with van der Waals surface area (Å²) in [5.41, 5.74) is 10.5. The van der Waals surface area contributed by atoms with Crippen molar-refractivity contribution in [3.8, 4) is 0 Å². The van der Waals surface area contributed by atoms with Crippen molar-refractivity contribution in [2.75, 3.05) is 30.1 Å². The van der Waals surface area contributed by atoms with Gasteiger partial charge in [0.2, 0.25) is 17.8 Å². The van der Waals surface area contributed by atoms with Gasteiger partial charge in [-0.25, -0.2) is 0 Å². The molecule has 1 heterocycles. The molecule has 0 aliphatic carbocycles. The molecule has 0 aliphatic heterocycles. The minimum atomic E-state index is -0.275. The number of nitrogens with one attached hydrogen (secondary N) is 1. The molecular weight excluding hydrogens is 212 g/mol. The molecule has 0 fully saturated rings. The molecule has 92 valence electrons. The molecule has 1 aromatic rings. The number of anilines is 3. The van der Waals surface area contributed by atoms with Crippen LogP contribution in [0.2, 0.25) is 0 Å². The average Bonchev–Trinajstić information content (AvgIpc) is 2.17. The molecule has 0 atom stereocenters. The van der Waals surface area contributed by atoms with Gasteiger partial charge in [-0.1, -0.05) is 13.8 Å². The molecule has 0 saturated heterocycles. The van der Waals surface area contributed by atoms with E-state index in [1.807, 2.05) is 13.8 Å². The Morgan fingerprint density at radius 3 is 1.88 bits per heavy atom. The Labute approximate surface area is 93.7 Å². The molecule has 0 radical (unpaired) electrons. The first-order valence-corrected chi connectivity index (χ1v) is 4.72. The van der Waals surface area contributed by atoms with Gasteiger partial charge >= 0.3 is 0 Å². The van der Waals surface area contributed by atoms with Gasteiger partial charge in [0, 0.05) is 6.61 Å². The number of hydrogen-bond acceptors (Lipinski definition) is 8. The minimum Gasteiger partial charge on any atom is -0.396 e. The molecular formula is C8H18N6O2. The van der Waals surface area contributed by atoms with Crippen LogP contribution in [0, 0.1) is 5.92 Å². The van der Waals surface area contributed by atoms with Crippen molar-refractivity contribution >= 4 is 17.8 Å². The lowest BCUT2D eigenvalue weighted by atomic mass is 10.2. The summed E-state index contributed by atoms with van der Waals surface area (Å²) in [6.45, 7) is 3.98. The number of aromatic nitrogens is 3. The Morgan fingerprint density at radius 1 is 1.12 bits per heavy atom. The lowest BCUT2D eigenvalue weighted by Crippen LogP contribution is -2.09. The molecule has 7 N–H and O–H groups in total. The predicted molar refractivity (Wildman–Crippen MR) is 61.3 cm³/mol. The van der Waals surface area contributed by atoms with Crippen molar-refractivity contribution in [2.45, 2.75) is 13.8 Å². The monoisotopic (exact) mass is 230 g/mol.